The molecule has 2 rings (SSSR count). The summed E-state index contributed by atoms with van der Waals surface area (Å²) >= 11 is 0. The molecule has 0 fully saturated rings. The molecule has 0 saturated carbocycles. The number of carboxylic acids is 2. The highest BCUT2D eigenvalue weighted by Gasteiger charge is 2.44. The number of allylic oxidation sites excluding steroid dienone is 3. The Morgan fingerprint density at radius 3 is 2.26 bits per heavy atom. The number of anilines is 1. The zero-order valence-electron chi connectivity index (χ0n) is 10.0. The summed E-state index contributed by atoms with van der Waals surface area (Å²) < 4.78 is 0. The van der Waals surface area contributed by atoms with E-state index in [0.717, 1.165) is 11.1 Å². The molecular formula is C14H13NO4. The van der Waals surface area contributed by atoms with Crippen LogP contribution in [-0.4, -0.2) is 22.2 Å². The second-order valence-corrected chi connectivity index (χ2v) is 4.37. The van der Waals surface area contributed by atoms with Crippen molar-refractivity contribution >= 4 is 23.2 Å². The Hall–Kier alpha value is -2.56. The number of rotatable bonds is 3. The number of carboxylic acid groups (broad SMARTS) is 2. The van der Waals surface area contributed by atoms with Crippen LogP contribution in [0.2, 0.25) is 0 Å². The predicted octanol–water partition coefficient (Wildman–Crippen LogP) is 1.77. The third-order valence-electron chi connectivity index (χ3n) is 3.23. The van der Waals surface area contributed by atoms with E-state index in [1.807, 2.05) is 6.07 Å². The molecule has 1 aliphatic rings. The van der Waals surface area contributed by atoms with Gasteiger partial charge in [-0.2, -0.15) is 0 Å². The zero-order chi connectivity index (χ0) is 14.0. The second kappa shape index (κ2) is 4.61. The molecular weight excluding hydrogens is 246 g/mol. The lowest BCUT2D eigenvalue weighted by Gasteiger charge is -2.23. The van der Waals surface area contributed by atoms with E-state index in [2.05, 4.69) is 0 Å². The summed E-state index contributed by atoms with van der Waals surface area (Å²) in [6.45, 7) is 0. The largest absolute Gasteiger partial charge is 0.480 e. The zero-order valence-corrected chi connectivity index (χ0v) is 10.0. The molecule has 0 bridgehead atoms. The third kappa shape index (κ3) is 2.10. The molecule has 0 radical (unpaired) electrons. The van der Waals surface area contributed by atoms with E-state index in [1.54, 1.807) is 24.3 Å². The van der Waals surface area contributed by atoms with Crippen LogP contribution in [0.15, 0.2) is 42.5 Å². The molecule has 19 heavy (non-hydrogen) atoms. The smallest absolute Gasteiger partial charge is 0.325 e. The van der Waals surface area contributed by atoms with Crippen LogP contribution < -0.4 is 5.73 Å². The highest BCUT2D eigenvalue weighted by molar-refractivity contribution is 6.02. The lowest BCUT2D eigenvalue weighted by Crippen LogP contribution is -2.38. The minimum atomic E-state index is -1.88. The van der Waals surface area contributed by atoms with Crippen LogP contribution in [0.5, 0.6) is 0 Å². The van der Waals surface area contributed by atoms with Gasteiger partial charge in [0, 0.05) is 11.3 Å². The Balaban J connectivity index is 2.36. The Morgan fingerprint density at radius 2 is 1.79 bits per heavy atom. The van der Waals surface area contributed by atoms with Crippen LogP contribution in [0.4, 0.5) is 5.69 Å². The molecule has 0 aromatic heterocycles. The van der Waals surface area contributed by atoms with Crippen LogP contribution >= 0.6 is 0 Å². The number of carbonyl (C=O) groups is 2. The molecule has 0 spiro atoms. The first kappa shape index (κ1) is 12.9. The summed E-state index contributed by atoms with van der Waals surface area (Å²) in [5.74, 6) is -2.74. The fourth-order valence-electron chi connectivity index (χ4n) is 2.01. The van der Waals surface area contributed by atoms with Crippen molar-refractivity contribution in [1.29, 1.82) is 0 Å². The average molecular weight is 259 g/mol. The summed E-state index contributed by atoms with van der Waals surface area (Å²) in [5, 5.41) is 18.2. The SMILES string of the molecule is Nc1ccccc1C1=CCC(C(=O)O)(C(=O)O)C=C1. The van der Waals surface area contributed by atoms with Crippen LogP contribution in [0, 0.1) is 5.41 Å². The van der Waals surface area contributed by atoms with Crippen LogP contribution in [0.25, 0.3) is 5.57 Å². The third-order valence-corrected chi connectivity index (χ3v) is 3.23. The van der Waals surface area contributed by atoms with Crippen molar-refractivity contribution in [2.75, 3.05) is 5.73 Å². The van der Waals surface area contributed by atoms with Gasteiger partial charge in [0.15, 0.2) is 5.41 Å². The van der Waals surface area contributed by atoms with Crippen molar-refractivity contribution in [2.45, 2.75) is 6.42 Å². The van der Waals surface area contributed by atoms with Gasteiger partial charge in [-0.05, 0) is 18.1 Å². The molecule has 1 aromatic carbocycles. The number of para-hydroxylation sites is 1. The first-order chi connectivity index (χ1) is 8.97. The summed E-state index contributed by atoms with van der Waals surface area (Å²) in [6, 6.07) is 7.15. The molecule has 1 aromatic rings. The second-order valence-electron chi connectivity index (χ2n) is 4.37. The van der Waals surface area contributed by atoms with Gasteiger partial charge in [-0.3, -0.25) is 9.59 Å². The van der Waals surface area contributed by atoms with Gasteiger partial charge in [0.25, 0.3) is 0 Å². The molecule has 5 nitrogen and oxygen atoms in total. The van der Waals surface area contributed by atoms with Gasteiger partial charge in [-0.25, -0.2) is 0 Å². The van der Waals surface area contributed by atoms with E-state index in [-0.39, 0.29) is 6.42 Å². The number of hydrogen-bond acceptors (Lipinski definition) is 3. The number of benzene rings is 1. The van der Waals surface area contributed by atoms with Crippen molar-refractivity contribution < 1.29 is 19.8 Å². The summed E-state index contributed by atoms with van der Waals surface area (Å²) in [7, 11) is 0. The van der Waals surface area contributed by atoms with Crippen molar-refractivity contribution in [3.8, 4) is 0 Å². The van der Waals surface area contributed by atoms with Gasteiger partial charge >= 0.3 is 11.9 Å². The van der Waals surface area contributed by atoms with Gasteiger partial charge < -0.3 is 15.9 Å². The fraction of sp³-hybridized carbons (Fsp3) is 0.143. The molecule has 0 saturated heterocycles. The molecule has 0 amide bonds. The van der Waals surface area contributed by atoms with Crippen molar-refractivity contribution in [1.82, 2.24) is 0 Å². The van der Waals surface area contributed by atoms with E-state index < -0.39 is 17.4 Å². The van der Waals surface area contributed by atoms with E-state index in [4.69, 9.17) is 15.9 Å². The molecule has 0 atom stereocenters. The van der Waals surface area contributed by atoms with Gasteiger partial charge in [-0.15, -0.1) is 0 Å². The molecule has 98 valence electrons. The van der Waals surface area contributed by atoms with Crippen molar-refractivity contribution in [3.63, 3.8) is 0 Å². The van der Waals surface area contributed by atoms with E-state index in [0.29, 0.717) is 5.69 Å². The standard InChI is InChI=1S/C14H13NO4/c15-11-4-2-1-3-10(11)9-5-7-14(8-6-9,12(16)17)13(18)19/h1-7H,8,15H2,(H,16,17)(H,18,19). The molecule has 4 N–H and O–H groups in total. The summed E-state index contributed by atoms with van der Waals surface area (Å²) in [4.78, 5) is 22.3. The van der Waals surface area contributed by atoms with E-state index >= 15 is 0 Å². The average Bonchev–Trinajstić information content (AvgIpc) is 2.39. The molecule has 0 unspecified atom stereocenters. The topological polar surface area (TPSA) is 101 Å². The van der Waals surface area contributed by atoms with Gasteiger partial charge in [-0.1, -0.05) is 36.4 Å². The number of aliphatic carboxylic acids is 2. The number of nitrogen functional groups attached to an aromatic ring is 1. The number of hydrogen-bond donors (Lipinski definition) is 3. The first-order valence-electron chi connectivity index (χ1n) is 5.68. The highest BCUT2D eigenvalue weighted by atomic mass is 16.4. The minimum Gasteiger partial charge on any atom is -0.480 e. The van der Waals surface area contributed by atoms with Crippen LogP contribution in [-0.2, 0) is 9.59 Å². The maximum Gasteiger partial charge on any atom is 0.325 e. The molecule has 0 heterocycles. The maximum atomic E-state index is 11.1. The van der Waals surface area contributed by atoms with Gasteiger partial charge in [0.05, 0.1) is 0 Å². The molecule has 1 aliphatic carbocycles. The van der Waals surface area contributed by atoms with Gasteiger partial charge in [0.1, 0.15) is 0 Å². The molecule has 5 heteroatoms. The van der Waals surface area contributed by atoms with Crippen molar-refractivity contribution in [2.24, 2.45) is 5.41 Å². The first-order valence-corrected chi connectivity index (χ1v) is 5.68. The minimum absolute atomic E-state index is 0.0994. The van der Waals surface area contributed by atoms with Crippen LogP contribution in [0.1, 0.15) is 12.0 Å². The van der Waals surface area contributed by atoms with Gasteiger partial charge in [0.2, 0.25) is 0 Å². The summed E-state index contributed by atoms with van der Waals surface area (Å²) in [6.07, 6.45) is 4.20. The lowest BCUT2D eigenvalue weighted by molar-refractivity contribution is -0.160. The Morgan fingerprint density at radius 1 is 1.16 bits per heavy atom. The van der Waals surface area contributed by atoms with Crippen LogP contribution in [0.3, 0.4) is 0 Å². The van der Waals surface area contributed by atoms with E-state index in [1.165, 1.54) is 12.2 Å². The maximum absolute atomic E-state index is 11.1. The predicted molar refractivity (Wildman–Crippen MR) is 70.3 cm³/mol. The normalized spacial score (nSPS) is 16.7. The van der Waals surface area contributed by atoms with E-state index in [9.17, 15) is 9.59 Å². The quantitative estimate of drug-likeness (QED) is 0.567. The van der Waals surface area contributed by atoms with Crippen molar-refractivity contribution in [3.05, 3.63) is 48.1 Å². The Labute approximate surface area is 109 Å². The lowest BCUT2D eigenvalue weighted by atomic mass is 9.79. The molecule has 0 aliphatic heterocycles. The Kier molecular flexibility index (Phi) is 3.12. The monoisotopic (exact) mass is 259 g/mol. The highest BCUT2D eigenvalue weighted by Crippen LogP contribution is 2.35. The number of nitrogens with two attached hydrogens (primary N) is 1. The Bertz CT molecular complexity index is 587. The summed E-state index contributed by atoms with van der Waals surface area (Å²) in [5.41, 5.74) is 6.01. The fourth-order valence-corrected chi connectivity index (χ4v) is 2.01.